The number of piperidine rings is 1. The number of rotatable bonds is 3. The Morgan fingerprint density at radius 1 is 1.18 bits per heavy atom. The third kappa shape index (κ3) is 3.45. The first-order valence-electron chi connectivity index (χ1n) is 7.62. The average Bonchev–Trinajstić information content (AvgIpc) is 2.34. The third-order valence-electron chi connectivity index (χ3n) is 4.89. The number of aliphatic hydroxyl groups excluding tert-OH is 1. The highest BCUT2D eigenvalue weighted by Crippen LogP contribution is 2.31. The number of aliphatic hydroxyl groups is 1. The molecule has 0 bridgehead atoms. The first-order valence-corrected chi connectivity index (χ1v) is 7.62. The second kappa shape index (κ2) is 6.19. The standard InChI is InChI=1S/C15H29NO/c1-3-14-6-4-5-9-16(14)11-13-10-12(2)7-8-15(13)17/h12-15,17H,3-11H2,1-2H3. The van der Waals surface area contributed by atoms with Gasteiger partial charge in [-0.1, -0.05) is 20.3 Å². The second-order valence-electron chi connectivity index (χ2n) is 6.30. The van der Waals surface area contributed by atoms with Crippen LogP contribution in [0.2, 0.25) is 0 Å². The summed E-state index contributed by atoms with van der Waals surface area (Å²) in [5.41, 5.74) is 0. The minimum absolute atomic E-state index is 0.0365. The summed E-state index contributed by atoms with van der Waals surface area (Å²) in [6.07, 6.45) is 8.84. The summed E-state index contributed by atoms with van der Waals surface area (Å²) >= 11 is 0. The SMILES string of the molecule is CCC1CCCCN1CC1CC(C)CCC1O. The Balaban J connectivity index is 1.89. The van der Waals surface area contributed by atoms with Crippen LogP contribution in [0.3, 0.4) is 0 Å². The summed E-state index contributed by atoms with van der Waals surface area (Å²) in [6.45, 7) is 7.05. The maximum Gasteiger partial charge on any atom is 0.0580 e. The van der Waals surface area contributed by atoms with Gasteiger partial charge in [0, 0.05) is 12.6 Å². The Hall–Kier alpha value is -0.0800. The van der Waals surface area contributed by atoms with E-state index in [2.05, 4.69) is 18.7 Å². The van der Waals surface area contributed by atoms with E-state index in [1.54, 1.807) is 0 Å². The third-order valence-corrected chi connectivity index (χ3v) is 4.89. The van der Waals surface area contributed by atoms with Gasteiger partial charge in [0.05, 0.1) is 6.10 Å². The van der Waals surface area contributed by atoms with Crippen LogP contribution in [0.1, 0.15) is 58.8 Å². The largest absolute Gasteiger partial charge is 0.393 e. The fraction of sp³-hybridized carbons (Fsp3) is 1.00. The van der Waals surface area contributed by atoms with E-state index in [0.717, 1.165) is 24.9 Å². The van der Waals surface area contributed by atoms with Crippen LogP contribution >= 0.6 is 0 Å². The number of hydrogen-bond acceptors (Lipinski definition) is 2. The zero-order chi connectivity index (χ0) is 12.3. The smallest absolute Gasteiger partial charge is 0.0580 e. The monoisotopic (exact) mass is 239 g/mol. The van der Waals surface area contributed by atoms with E-state index < -0.39 is 0 Å². The van der Waals surface area contributed by atoms with E-state index in [9.17, 15) is 5.11 Å². The van der Waals surface area contributed by atoms with Gasteiger partial charge in [0.15, 0.2) is 0 Å². The molecule has 0 spiro atoms. The molecular formula is C15H29NO. The summed E-state index contributed by atoms with van der Waals surface area (Å²) in [7, 11) is 0. The lowest BCUT2D eigenvalue weighted by atomic mass is 9.79. The van der Waals surface area contributed by atoms with Crippen LogP contribution in [0.15, 0.2) is 0 Å². The van der Waals surface area contributed by atoms with Gasteiger partial charge in [0.25, 0.3) is 0 Å². The zero-order valence-electron chi connectivity index (χ0n) is 11.6. The molecule has 2 fully saturated rings. The highest BCUT2D eigenvalue weighted by Gasteiger charge is 2.31. The van der Waals surface area contributed by atoms with Crippen LogP contribution in [0, 0.1) is 11.8 Å². The van der Waals surface area contributed by atoms with Crippen molar-refractivity contribution in [2.75, 3.05) is 13.1 Å². The molecule has 100 valence electrons. The molecule has 4 unspecified atom stereocenters. The van der Waals surface area contributed by atoms with Gasteiger partial charge in [-0.3, -0.25) is 0 Å². The number of nitrogens with zero attached hydrogens (tertiary/aromatic N) is 1. The average molecular weight is 239 g/mol. The van der Waals surface area contributed by atoms with Crippen molar-refractivity contribution in [2.24, 2.45) is 11.8 Å². The minimum Gasteiger partial charge on any atom is -0.393 e. The van der Waals surface area contributed by atoms with Crippen molar-refractivity contribution in [3.63, 3.8) is 0 Å². The Bertz CT molecular complexity index is 231. The van der Waals surface area contributed by atoms with Crippen LogP contribution in [0.5, 0.6) is 0 Å². The van der Waals surface area contributed by atoms with E-state index in [1.807, 2.05) is 0 Å². The molecular weight excluding hydrogens is 210 g/mol. The fourth-order valence-electron chi connectivity index (χ4n) is 3.74. The first kappa shape index (κ1) is 13.4. The Morgan fingerprint density at radius 3 is 2.76 bits per heavy atom. The summed E-state index contributed by atoms with van der Waals surface area (Å²) in [4.78, 5) is 2.66. The van der Waals surface area contributed by atoms with Crippen molar-refractivity contribution in [1.82, 2.24) is 4.90 Å². The molecule has 2 rings (SSSR count). The summed E-state index contributed by atoms with van der Waals surface area (Å²) in [6, 6.07) is 0.785. The van der Waals surface area contributed by atoms with Gasteiger partial charge in [-0.25, -0.2) is 0 Å². The van der Waals surface area contributed by atoms with E-state index >= 15 is 0 Å². The lowest BCUT2D eigenvalue weighted by Gasteiger charge is -2.41. The molecule has 1 heterocycles. The Morgan fingerprint density at radius 2 is 2.00 bits per heavy atom. The molecule has 2 heteroatoms. The van der Waals surface area contributed by atoms with Crippen LogP contribution in [-0.2, 0) is 0 Å². The number of likely N-dealkylation sites (tertiary alicyclic amines) is 1. The van der Waals surface area contributed by atoms with Crippen LogP contribution in [-0.4, -0.2) is 35.2 Å². The van der Waals surface area contributed by atoms with Gasteiger partial charge >= 0.3 is 0 Å². The molecule has 0 amide bonds. The maximum absolute atomic E-state index is 10.1. The Kier molecular flexibility index (Phi) is 4.87. The van der Waals surface area contributed by atoms with Gasteiger partial charge in [-0.15, -0.1) is 0 Å². The van der Waals surface area contributed by atoms with Crippen LogP contribution in [0.25, 0.3) is 0 Å². The number of hydrogen-bond donors (Lipinski definition) is 1. The van der Waals surface area contributed by atoms with Crippen molar-refractivity contribution >= 4 is 0 Å². The lowest BCUT2D eigenvalue weighted by Crippen LogP contribution is -2.45. The zero-order valence-corrected chi connectivity index (χ0v) is 11.6. The highest BCUT2D eigenvalue weighted by atomic mass is 16.3. The van der Waals surface area contributed by atoms with Crippen molar-refractivity contribution in [3.05, 3.63) is 0 Å². The molecule has 2 aliphatic rings. The van der Waals surface area contributed by atoms with Crippen molar-refractivity contribution in [2.45, 2.75) is 70.9 Å². The van der Waals surface area contributed by atoms with Gasteiger partial charge in [-0.2, -0.15) is 0 Å². The molecule has 17 heavy (non-hydrogen) atoms. The molecule has 0 aromatic rings. The Labute approximate surface area is 106 Å². The normalized spacial score (nSPS) is 40.4. The summed E-state index contributed by atoms with van der Waals surface area (Å²) < 4.78 is 0. The van der Waals surface area contributed by atoms with E-state index in [1.165, 1.54) is 45.1 Å². The first-order chi connectivity index (χ1) is 8.20. The predicted molar refractivity (Wildman–Crippen MR) is 72.0 cm³/mol. The minimum atomic E-state index is -0.0365. The summed E-state index contributed by atoms with van der Waals surface area (Å²) in [5.74, 6) is 1.35. The van der Waals surface area contributed by atoms with Crippen LogP contribution in [0.4, 0.5) is 0 Å². The molecule has 1 saturated heterocycles. The summed E-state index contributed by atoms with van der Waals surface area (Å²) in [5, 5.41) is 10.1. The molecule has 1 aliphatic carbocycles. The van der Waals surface area contributed by atoms with E-state index in [-0.39, 0.29) is 6.10 Å². The van der Waals surface area contributed by atoms with Gasteiger partial charge in [-0.05, 0) is 56.9 Å². The molecule has 1 N–H and O–H groups in total. The van der Waals surface area contributed by atoms with Crippen molar-refractivity contribution < 1.29 is 5.11 Å². The van der Waals surface area contributed by atoms with Crippen molar-refractivity contribution in [1.29, 1.82) is 0 Å². The molecule has 0 aromatic carbocycles. The topological polar surface area (TPSA) is 23.5 Å². The van der Waals surface area contributed by atoms with Crippen LogP contribution < -0.4 is 0 Å². The molecule has 0 aromatic heterocycles. The lowest BCUT2D eigenvalue weighted by molar-refractivity contribution is 0.0139. The van der Waals surface area contributed by atoms with Gasteiger partial charge in [0.1, 0.15) is 0 Å². The highest BCUT2D eigenvalue weighted by molar-refractivity contribution is 4.84. The molecule has 4 atom stereocenters. The van der Waals surface area contributed by atoms with Crippen molar-refractivity contribution in [3.8, 4) is 0 Å². The maximum atomic E-state index is 10.1. The molecule has 1 aliphatic heterocycles. The quantitative estimate of drug-likeness (QED) is 0.818. The molecule has 0 radical (unpaired) electrons. The molecule has 2 nitrogen and oxygen atoms in total. The fourth-order valence-corrected chi connectivity index (χ4v) is 3.74. The molecule has 1 saturated carbocycles. The second-order valence-corrected chi connectivity index (χ2v) is 6.30. The van der Waals surface area contributed by atoms with E-state index in [4.69, 9.17) is 0 Å². The van der Waals surface area contributed by atoms with Gasteiger partial charge < -0.3 is 10.0 Å². The van der Waals surface area contributed by atoms with Gasteiger partial charge in [0.2, 0.25) is 0 Å². The predicted octanol–water partition coefficient (Wildman–Crippen LogP) is 3.05. The van der Waals surface area contributed by atoms with E-state index in [0.29, 0.717) is 5.92 Å².